The summed E-state index contributed by atoms with van der Waals surface area (Å²) in [5, 5.41) is 2.68. The average Bonchev–Trinajstić information content (AvgIpc) is 2.65. The molecule has 0 saturated heterocycles. The van der Waals surface area contributed by atoms with Crippen molar-refractivity contribution >= 4 is 5.91 Å². The Morgan fingerprint density at radius 1 is 1.44 bits per heavy atom. The van der Waals surface area contributed by atoms with Crippen LogP contribution in [0.3, 0.4) is 0 Å². The van der Waals surface area contributed by atoms with Crippen molar-refractivity contribution in [2.45, 2.75) is 50.9 Å². The van der Waals surface area contributed by atoms with Crippen LogP contribution in [0.1, 0.15) is 32.6 Å². The van der Waals surface area contributed by atoms with E-state index in [0.29, 0.717) is 0 Å². The van der Waals surface area contributed by atoms with Gasteiger partial charge >= 0.3 is 6.18 Å². The second kappa shape index (κ2) is 5.52. The first-order valence-corrected chi connectivity index (χ1v) is 5.37. The van der Waals surface area contributed by atoms with E-state index in [1.165, 1.54) is 6.92 Å². The smallest absolute Gasteiger partial charge is 0.359 e. The van der Waals surface area contributed by atoms with E-state index >= 15 is 0 Å². The molecule has 1 amide bonds. The number of carbonyl (C=O) groups excluding carboxylic acids is 1. The van der Waals surface area contributed by atoms with E-state index in [9.17, 15) is 18.0 Å². The topological polar surface area (TPSA) is 38.3 Å². The van der Waals surface area contributed by atoms with Crippen molar-refractivity contribution in [2.75, 3.05) is 6.61 Å². The molecule has 0 unspecified atom stereocenters. The number of nitrogens with one attached hydrogen (secondary N) is 1. The third-order valence-corrected chi connectivity index (χ3v) is 2.57. The summed E-state index contributed by atoms with van der Waals surface area (Å²) < 4.78 is 39.9. The average molecular weight is 239 g/mol. The van der Waals surface area contributed by atoms with Crippen molar-refractivity contribution in [3.63, 3.8) is 0 Å². The predicted octanol–water partition coefficient (Wildman–Crippen LogP) is 2.01. The van der Waals surface area contributed by atoms with Crippen molar-refractivity contribution in [3.8, 4) is 0 Å². The lowest BCUT2D eigenvalue weighted by Crippen LogP contribution is -2.41. The Bertz CT molecular complexity index is 237. The molecular weight excluding hydrogens is 223 g/mol. The van der Waals surface area contributed by atoms with E-state index in [4.69, 9.17) is 0 Å². The molecular formula is C10H16F3NO2. The van der Waals surface area contributed by atoms with E-state index in [2.05, 4.69) is 10.1 Å². The minimum absolute atomic E-state index is 0.101. The Balaban J connectivity index is 2.24. The minimum atomic E-state index is -4.39. The number of amides is 1. The van der Waals surface area contributed by atoms with Gasteiger partial charge in [0.05, 0.1) is 0 Å². The van der Waals surface area contributed by atoms with E-state index in [0.717, 1.165) is 25.7 Å². The molecule has 94 valence electrons. The molecule has 1 aliphatic rings. The van der Waals surface area contributed by atoms with Gasteiger partial charge in [-0.25, -0.2) is 0 Å². The van der Waals surface area contributed by atoms with Crippen LogP contribution >= 0.6 is 0 Å². The van der Waals surface area contributed by atoms with Crippen LogP contribution in [0.25, 0.3) is 0 Å². The first kappa shape index (κ1) is 13.3. The largest absolute Gasteiger partial charge is 0.411 e. The number of halogens is 3. The fraction of sp³-hybridized carbons (Fsp3) is 0.900. The standard InChI is InChI=1S/C10H16F3NO2/c1-7(16-6-10(11,12)13)9(15)14-8-4-2-3-5-8/h7-8H,2-6H2,1H3,(H,14,15)/t7-/m1/s1. The maximum absolute atomic E-state index is 11.8. The highest BCUT2D eigenvalue weighted by molar-refractivity contribution is 5.80. The Morgan fingerprint density at radius 2 is 2.00 bits per heavy atom. The highest BCUT2D eigenvalue weighted by Gasteiger charge is 2.30. The molecule has 0 heterocycles. The summed E-state index contributed by atoms with van der Waals surface area (Å²) in [5.41, 5.74) is 0. The van der Waals surface area contributed by atoms with Gasteiger partial charge in [-0.2, -0.15) is 13.2 Å². The summed E-state index contributed by atoms with van der Waals surface area (Å²) in [6, 6.07) is 0.101. The molecule has 1 rings (SSSR count). The second-order valence-corrected chi connectivity index (χ2v) is 4.06. The second-order valence-electron chi connectivity index (χ2n) is 4.06. The Kier molecular flexibility index (Phi) is 4.58. The van der Waals surface area contributed by atoms with E-state index in [1.807, 2.05) is 0 Å². The first-order valence-electron chi connectivity index (χ1n) is 5.37. The van der Waals surface area contributed by atoms with Gasteiger partial charge in [0.1, 0.15) is 12.7 Å². The first-order chi connectivity index (χ1) is 7.38. The van der Waals surface area contributed by atoms with Gasteiger partial charge in [-0.3, -0.25) is 4.79 Å². The van der Waals surface area contributed by atoms with Crippen LogP contribution in [-0.2, 0) is 9.53 Å². The maximum Gasteiger partial charge on any atom is 0.411 e. The molecule has 0 aliphatic heterocycles. The molecule has 1 atom stereocenters. The van der Waals surface area contributed by atoms with Gasteiger partial charge in [0.15, 0.2) is 0 Å². The number of alkyl halides is 3. The van der Waals surface area contributed by atoms with Gasteiger partial charge in [0.2, 0.25) is 5.91 Å². The zero-order valence-electron chi connectivity index (χ0n) is 9.14. The van der Waals surface area contributed by atoms with Gasteiger partial charge in [-0.15, -0.1) is 0 Å². The number of hydrogen-bond donors (Lipinski definition) is 1. The third-order valence-electron chi connectivity index (χ3n) is 2.57. The normalized spacial score (nSPS) is 19.8. The van der Waals surface area contributed by atoms with Crippen molar-refractivity contribution in [1.82, 2.24) is 5.32 Å². The van der Waals surface area contributed by atoms with Gasteiger partial charge in [-0.1, -0.05) is 12.8 Å². The van der Waals surface area contributed by atoms with E-state index in [1.54, 1.807) is 0 Å². The van der Waals surface area contributed by atoms with Crippen LogP contribution < -0.4 is 5.32 Å². The van der Waals surface area contributed by atoms with Crippen molar-refractivity contribution in [1.29, 1.82) is 0 Å². The molecule has 1 fully saturated rings. The molecule has 0 bridgehead atoms. The highest BCUT2D eigenvalue weighted by atomic mass is 19.4. The predicted molar refractivity (Wildman–Crippen MR) is 51.9 cm³/mol. The lowest BCUT2D eigenvalue weighted by atomic mass is 10.2. The molecule has 0 aromatic rings. The zero-order chi connectivity index (χ0) is 12.2. The lowest BCUT2D eigenvalue weighted by Gasteiger charge is -2.17. The zero-order valence-corrected chi connectivity index (χ0v) is 9.14. The lowest BCUT2D eigenvalue weighted by molar-refractivity contribution is -0.185. The molecule has 16 heavy (non-hydrogen) atoms. The molecule has 6 heteroatoms. The van der Waals surface area contributed by atoms with E-state index in [-0.39, 0.29) is 6.04 Å². The van der Waals surface area contributed by atoms with Crippen LogP contribution in [0.4, 0.5) is 13.2 Å². The van der Waals surface area contributed by atoms with Gasteiger partial charge < -0.3 is 10.1 Å². The Hall–Kier alpha value is -0.780. The fourth-order valence-corrected chi connectivity index (χ4v) is 1.68. The minimum Gasteiger partial charge on any atom is -0.359 e. The summed E-state index contributed by atoms with van der Waals surface area (Å²) in [5.74, 6) is -0.462. The fourth-order valence-electron chi connectivity index (χ4n) is 1.68. The Labute approximate surface area is 92.3 Å². The molecule has 0 spiro atoms. The van der Waals surface area contributed by atoms with Gasteiger partial charge in [0, 0.05) is 6.04 Å². The molecule has 0 aromatic heterocycles. The molecule has 0 aromatic carbocycles. The molecule has 1 saturated carbocycles. The molecule has 3 nitrogen and oxygen atoms in total. The maximum atomic E-state index is 11.8. The van der Waals surface area contributed by atoms with Crippen molar-refractivity contribution in [2.24, 2.45) is 0 Å². The van der Waals surface area contributed by atoms with Crippen LogP contribution in [-0.4, -0.2) is 30.8 Å². The monoisotopic (exact) mass is 239 g/mol. The summed E-state index contributed by atoms with van der Waals surface area (Å²) in [7, 11) is 0. The summed E-state index contributed by atoms with van der Waals surface area (Å²) in [4.78, 5) is 11.4. The van der Waals surface area contributed by atoms with Crippen molar-refractivity contribution in [3.05, 3.63) is 0 Å². The number of ether oxygens (including phenoxy) is 1. The highest BCUT2D eigenvalue weighted by Crippen LogP contribution is 2.18. The molecule has 1 N–H and O–H groups in total. The number of rotatable bonds is 4. The van der Waals surface area contributed by atoms with Crippen LogP contribution in [0.2, 0.25) is 0 Å². The van der Waals surface area contributed by atoms with Crippen LogP contribution in [0, 0.1) is 0 Å². The number of hydrogen-bond acceptors (Lipinski definition) is 2. The number of carbonyl (C=O) groups is 1. The Morgan fingerprint density at radius 3 is 2.50 bits per heavy atom. The molecule has 0 radical (unpaired) electrons. The summed E-state index contributed by atoms with van der Waals surface area (Å²) in [6.45, 7) is -0.0533. The summed E-state index contributed by atoms with van der Waals surface area (Å²) in [6.07, 6.45) is -1.52. The summed E-state index contributed by atoms with van der Waals surface area (Å²) >= 11 is 0. The quantitative estimate of drug-likeness (QED) is 0.815. The molecule has 1 aliphatic carbocycles. The van der Waals surface area contributed by atoms with Gasteiger partial charge in [-0.05, 0) is 19.8 Å². The van der Waals surface area contributed by atoms with Gasteiger partial charge in [0.25, 0.3) is 0 Å². The van der Waals surface area contributed by atoms with Crippen LogP contribution in [0.15, 0.2) is 0 Å². The third kappa shape index (κ3) is 4.83. The van der Waals surface area contributed by atoms with Crippen LogP contribution in [0.5, 0.6) is 0 Å². The van der Waals surface area contributed by atoms with E-state index < -0.39 is 24.8 Å². The SMILES string of the molecule is C[C@@H](OCC(F)(F)F)C(=O)NC1CCCC1. The van der Waals surface area contributed by atoms with Crippen molar-refractivity contribution < 1.29 is 22.7 Å².